The van der Waals surface area contributed by atoms with Gasteiger partial charge in [0, 0.05) is 89.6 Å². The number of carbonyl (C=O) groups excluding carboxylic acids is 4. The first-order valence-electron chi connectivity index (χ1n) is 20.8. The van der Waals surface area contributed by atoms with E-state index >= 15 is 0 Å². The summed E-state index contributed by atoms with van der Waals surface area (Å²) in [6, 6.07) is 9.70. The molecule has 0 aliphatic carbocycles. The largest absolute Gasteiger partial charge is 0.463 e. The zero-order chi connectivity index (χ0) is 43.4. The summed E-state index contributed by atoms with van der Waals surface area (Å²) in [6.07, 6.45) is -4.01. The van der Waals surface area contributed by atoms with Crippen LogP contribution in [0, 0.1) is 0 Å². The predicted molar refractivity (Wildman–Crippen MR) is 222 cm³/mol. The number of nitrogens with zero attached hydrogens (tertiary/aromatic N) is 6. The van der Waals surface area contributed by atoms with Crippen LogP contribution in [0.2, 0.25) is 5.02 Å². The number of hydrogen-bond donors (Lipinski definition) is 2. The van der Waals surface area contributed by atoms with E-state index in [2.05, 4.69) is 15.1 Å². The second-order valence-corrected chi connectivity index (χ2v) is 17.3. The molecule has 0 radical (unpaired) electrons. The van der Waals surface area contributed by atoms with Gasteiger partial charge in [-0.2, -0.15) is 13.2 Å². The highest BCUT2D eigenvalue weighted by Crippen LogP contribution is 2.38. The molecule has 1 atom stereocenters. The van der Waals surface area contributed by atoms with Crippen molar-refractivity contribution in [2.24, 2.45) is 0 Å². The fraction of sp³-hybridized carbons (Fsp3) is 0.619. The number of rotatable bonds is 11. The highest BCUT2D eigenvalue weighted by molar-refractivity contribution is 6.33. The van der Waals surface area contributed by atoms with Gasteiger partial charge in [-0.1, -0.05) is 29.8 Å². The quantitative estimate of drug-likeness (QED) is 0.233. The van der Waals surface area contributed by atoms with Crippen molar-refractivity contribution >= 4 is 47.0 Å². The molecule has 2 aromatic rings. The summed E-state index contributed by atoms with van der Waals surface area (Å²) in [4.78, 5) is 65.3. The number of nitrogen functional groups attached to an aromatic ring is 1. The Morgan fingerprint density at radius 2 is 1.57 bits per heavy atom. The van der Waals surface area contributed by atoms with Gasteiger partial charge in [0.25, 0.3) is 5.91 Å². The van der Waals surface area contributed by atoms with E-state index in [4.69, 9.17) is 26.8 Å². The molecule has 6 rings (SSSR count). The molecule has 14 nitrogen and oxygen atoms in total. The van der Waals surface area contributed by atoms with Crippen LogP contribution in [0.1, 0.15) is 56.2 Å². The number of fused-ring (bicyclic) bond motifs is 1. The Balaban J connectivity index is 1.07. The van der Waals surface area contributed by atoms with Crippen molar-refractivity contribution in [3.63, 3.8) is 0 Å². The van der Waals surface area contributed by atoms with E-state index in [0.29, 0.717) is 78.2 Å². The second-order valence-electron chi connectivity index (χ2n) is 16.9. The van der Waals surface area contributed by atoms with Gasteiger partial charge < -0.3 is 40.1 Å². The van der Waals surface area contributed by atoms with E-state index in [0.717, 1.165) is 30.2 Å². The van der Waals surface area contributed by atoms with Crippen molar-refractivity contribution in [1.82, 2.24) is 29.4 Å². The summed E-state index contributed by atoms with van der Waals surface area (Å²) in [5, 5.41) is 2.67. The minimum Gasteiger partial charge on any atom is -0.463 e. The zero-order valence-electron chi connectivity index (χ0n) is 34.9. The molecule has 60 heavy (non-hydrogen) atoms. The van der Waals surface area contributed by atoms with E-state index in [1.807, 2.05) is 57.1 Å². The van der Waals surface area contributed by atoms with Crippen LogP contribution in [0.5, 0.6) is 0 Å². The number of piperazine rings is 1. The van der Waals surface area contributed by atoms with Crippen LogP contribution in [0.4, 0.5) is 34.1 Å². The number of benzene rings is 2. The first-order chi connectivity index (χ1) is 28.4. The number of ether oxygens (including phenoxy) is 2. The summed E-state index contributed by atoms with van der Waals surface area (Å²) >= 11 is 6.16. The number of nitrogens with one attached hydrogen (secondary N) is 1. The van der Waals surface area contributed by atoms with Gasteiger partial charge in [0.05, 0.1) is 16.3 Å². The molecule has 4 aliphatic rings. The van der Waals surface area contributed by atoms with E-state index in [-0.39, 0.29) is 54.2 Å². The number of esters is 1. The van der Waals surface area contributed by atoms with Gasteiger partial charge in [-0.15, -0.1) is 0 Å². The van der Waals surface area contributed by atoms with Crippen molar-refractivity contribution in [1.29, 1.82) is 0 Å². The lowest BCUT2D eigenvalue weighted by atomic mass is 9.95. The lowest BCUT2D eigenvalue weighted by molar-refractivity contribution is -0.157. The van der Waals surface area contributed by atoms with E-state index in [1.165, 1.54) is 11.0 Å². The fourth-order valence-electron chi connectivity index (χ4n) is 8.64. The van der Waals surface area contributed by atoms with Gasteiger partial charge in [0.1, 0.15) is 12.1 Å². The summed E-state index contributed by atoms with van der Waals surface area (Å²) in [5.74, 6) is -0.761. The van der Waals surface area contributed by atoms with Crippen LogP contribution in [0.25, 0.3) is 0 Å². The van der Waals surface area contributed by atoms with Crippen LogP contribution in [0.3, 0.4) is 0 Å². The molecule has 0 saturated carbocycles. The van der Waals surface area contributed by atoms with Crippen LogP contribution >= 0.6 is 11.6 Å². The molecule has 0 aromatic heterocycles. The Labute approximate surface area is 355 Å². The molecule has 3 N–H and O–H groups in total. The molecule has 3 saturated heterocycles. The molecule has 18 heteroatoms. The Kier molecular flexibility index (Phi) is 14.4. The zero-order valence-corrected chi connectivity index (χ0v) is 35.7. The number of para-hydroxylation sites is 1. The summed E-state index contributed by atoms with van der Waals surface area (Å²) in [7, 11) is 3.85. The monoisotopic (exact) mass is 862 g/mol. The summed E-state index contributed by atoms with van der Waals surface area (Å²) < 4.78 is 53.3. The van der Waals surface area contributed by atoms with Crippen molar-refractivity contribution < 1.29 is 41.8 Å². The smallest absolute Gasteiger partial charge is 0.418 e. The van der Waals surface area contributed by atoms with Crippen molar-refractivity contribution in [3.05, 3.63) is 58.1 Å². The number of nitrogens with two attached hydrogens (primary N) is 1. The Morgan fingerprint density at radius 3 is 2.22 bits per heavy atom. The molecule has 3 fully saturated rings. The molecule has 0 unspecified atom stereocenters. The Morgan fingerprint density at radius 1 is 0.917 bits per heavy atom. The van der Waals surface area contributed by atoms with Crippen LogP contribution in [-0.4, -0.2) is 163 Å². The van der Waals surface area contributed by atoms with Gasteiger partial charge in [-0.25, -0.2) is 9.59 Å². The van der Waals surface area contributed by atoms with E-state index in [1.54, 1.807) is 9.80 Å². The number of alkyl halides is 3. The Hall–Kier alpha value is -4.32. The normalized spacial score (nSPS) is 19.8. The molecular formula is C42H58ClF3N8O6. The minimum atomic E-state index is -4.80. The van der Waals surface area contributed by atoms with Gasteiger partial charge >= 0.3 is 24.3 Å². The maximum absolute atomic E-state index is 14.2. The van der Waals surface area contributed by atoms with Crippen LogP contribution < -0.4 is 11.1 Å². The molecular weight excluding hydrogens is 805 g/mol. The predicted octanol–water partition coefficient (Wildman–Crippen LogP) is 5.04. The third-order valence-electron chi connectivity index (χ3n) is 12.4. The van der Waals surface area contributed by atoms with Crippen molar-refractivity contribution in [2.45, 2.75) is 82.3 Å². The number of hydrogen-bond acceptors (Lipinski definition) is 10. The maximum atomic E-state index is 14.2. The molecule has 4 aliphatic heterocycles. The van der Waals surface area contributed by atoms with E-state index in [9.17, 15) is 32.3 Å². The average molecular weight is 863 g/mol. The SMILES string of the molecule is CN(C)CCOC(=O)C(C)(C)N1CCC(N2CCN(C(=O)[C@@H](Cc3cc(Cl)c(N)c(C(F)(F)F)c3)OC(=O)N3CCC(N4CCc5ccccc5NC4=O)CC3)CC2)CC1. The number of anilines is 2. The Bertz CT molecular complexity index is 1860. The van der Waals surface area contributed by atoms with Gasteiger partial charge in [-0.05, 0) is 89.4 Å². The summed E-state index contributed by atoms with van der Waals surface area (Å²) in [6.45, 7) is 8.99. The number of amides is 4. The molecule has 4 heterocycles. The third kappa shape index (κ3) is 10.8. The number of likely N-dealkylation sites (tertiary alicyclic amines) is 2. The first kappa shape index (κ1) is 45.2. The number of carbonyl (C=O) groups is 4. The van der Waals surface area contributed by atoms with E-state index < -0.39 is 41.1 Å². The molecule has 4 amide bonds. The topological polar surface area (TPSA) is 144 Å². The maximum Gasteiger partial charge on any atom is 0.418 e. The number of likely N-dealkylation sites (N-methyl/N-ethyl adjacent to an activating group) is 1. The number of urea groups is 1. The average Bonchev–Trinajstić information content (AvgIpc) is 3.39. The standard InChI is InChI=1S/C42H58ClF3N8O6/c1-41(2,38(56)59-24-23-49(3)4)53-16-12-30(13-17-53)50-19-21-51(22-20-50)37(55)35(27-28-25-32(42(44,45)46)36(47)33(43)26-28)60-40(58)52-14-10-31(11-15-52)54-18-9-29-7-5-6-8-34(29)48-39(54)57/h5-8,25-26,30-31,35H,9-24,27,47H2,1-4H3,(H,48,57)/t35-/m1/s1. The highest BCUT2D eigenvalue weighted by Gasteiger charge is 2.41. The molecule has 0 bridgehead atoms. The van der Waals surface area contributed by atoms with Crippen LogP contribution in [-0.2, 0) is 38.1 Å². The third-order valence-corrected chi connectivity index (χ3v) is 12.7. The van der Waals surface area contributed by atoms with Gasteiger partial charge in [0.15, 0.2) is 6.10 Å². The van der Waals surface area contributed by atoms with Crippen LogP contribution in [0.15, 0.2) is 36.4 Å². The number of halogens is 4. The highest BCUT2D eigenvalue weighted by atomic mass is 35.5. The van der Waals surface area contributed by atoms with Crippen molar-refractivity contribution in [2.75, 3.05) is 97.2 Å². The minimum absolute atomic E-state index is 0.0504. The second kappa shape index (κ2) is 19.2. The number of piperidine rings is 2. The fourth-order valence-corrected chi connectivity index (χ4v) is 8.88. The molecule has 2 aromatic carbocycles. The molecule has 330 valence electrons. The lowest BCUT2D eigenvalue weighted by Gasteiger charge is -2.46. The molecule has 0 spiro atoms. The lowest BCUT2D eigenvalue weighted by Crippen LogP contribution is -2.59. The first-order valence-corrected chi connectivity index (χ1v) is 21.2. The van der Waals surface area contributed by atoms with Gasteiger partial charge in [0.2, 0.25) is 0 Å². The summed E-state index contributed by atoms with van der Waals surface area (Å²) in [5.41, 5.74) is 5.06. The van der Waals surface area contributed by atoms with Crippen molar-refractivity contribution in [3.8, 4) is 0 Å². The van der Waals surface area contributed by atoms with Gasteiger partial charge in [-0.3, -0.25) is 19.4 Å².